The lowest BCUT2D eigenvalue weighted by molar-refractivity contribution is 0.632. The summed E-state index contributed by atoms with van der Waals surface area (Å²) in [5, 5.41) is 10.5. The highest BCUT2D eigenvalue weighted by Crippen LogP contribution is 2.39. The molecule has 0 radical (unpaired) electrons. The molecule has 9 rings (SSSR count). The monoisotopic (exact) mass is 577 g/mol. The van der Waals surface area contributed by atoms with Gasteiger partial charge in [-0.2, -0.15) is 0 Å². The van der Waals surface area contributed by atoms with E-state index in [-0.39, 0.29) is 5.82 Å². The predicted octanol–water partition coefficient (Wildman–Crippen LogP) is 10.8. The molecular formula is C41H24FN3. The van der Waals surface area contributed by atoms with E-state index in [9.17, 15) is 0 Å². The Morgan fingerprint density at radius 1 is 0.333 bits per heavy atom. The molecule has 0 saturated carbocycles. The molecule has 1 heterocycles. The normalized spacial score (nSPS) is 11.7. The van der Waals surface area contributed by atoms with Crippen LogP contribution in [0.25, 0.3) is 88.0 Å². The topological polar surface area (TPSA) is 38.7 Å². The molecule has 0 aliphatic rings. The third-order valence-corrected chi connectivity index (χ3v) is 8.75. The summed E-state index contributed by atoms with van der Waals surface area (Å²) < 4.78 is 16.4. The van der Waals surface area contributed by atoms with Crippen LogP contribution in [0.3, 0.4) is 0 Å². The lowest BCUT2D eigenvalue weighted by Gasteiger charge is -2.14. The van der Waals surface area contributed by atoms with Crippen molar-refractivity contribution in [3.8, 4) is 34.2 Å². The standard InChI is InChI=1S/C41H24FN3/c42-38-24-35-32-20-10-8-18-30(32)29-17-7-9-19-31(29)34(35)23-37(38)41-44-39(25-12-2-1-3-13-25)43-40(45-41)36-22-26-14-4-5-15-27(26)28-16-6-11-21-33(28)36/h1-24H. The third-order valence-electron chi connectivity index (χ3n) is 8.75. The van der Waals surface area contributed by atoms with Crippen molar-refractivity contribution in [3.05, 3.63) is 151 Å². The Hall–Kier alpha value is -6.00. The van der Waals surface area contributed by atoms with Gasteiger partial charge in [0.2, 0.25) is 0 Å². The Labute approximate surface area is 258 Å². The number of nitrogens with zero attached hydrogens (tertiary/aromatic N) is 3. The maximum absolute atomic E-state index is 16.4. The molecule has 0 aliphatic heterocycles. The van der Waals surface area contributed by atoms with Gasteiger partial charge in [-0.3, -0.25) is 0 Å². The largest absolute Gasteiger partial charge is 0.208 e. The van der Waals surface area contributed by atoms with E-state index < -0.39 is 0 Å². The van der Waals surface area contributed by atoms with Gasteiger partial charge in [-0.1, -0.05) is 127 Å². The first kappa shape index (κ1) is 25.5. The fourth-order valence-electron chi connectivity index (χ4n) is 6.67. The highest BCUT2D eigenvalue weighted by molar-refractivity contribution is 6.25. The van der Waals surface area contributed by atoms with E-state index in [4.69, 9.17) is 15.0 Å². The lowest BCUT2D eigenvalue weighted by Crippen LogP contribution is -2.02. The van der Waals surface area contributed by atoms with Crippen LogP contribution in [0.4, 0.5) is 4.39 Å². The van der Waals surface area contributed by atoms with Gasteiger partial charge < -0.3 is 0 Å². The van der Waals surface area contributed by atoms with Crippen LogP contribution in [-0.4, -0.2) is 15.0 Å². The highest BCUT2D eigenvalue weighted by atomic mass is 19.1. The summed E-state index contributed by atoms with van der Waals surface area (Å²) in [4.78, 5) is 14.9. The zero-order chi connectivity index (χ0) is 29.9. The van der Waals surface area contributed by atoms with Crippen molar-refractivity contribution in [1.82, 2.24) is 15.0 Å². The van der Waals surface area contributed by atoms with E-state index in [1.165, 1.54) is 0 Å². The van der Waals surface area contributed by atoms with Crippen LogP contribution in [0.1, 0.15) is 0 Å². The molecule has 0 atom stereocenters. The van der Waals surface area contributed by atoms with Crippen LogP contribution in [0, 0.1) is 5.82 Å². The van der Waals surface area contributed by atoms with Gasteiger partial charge in [-0.05, 0) is 72.1 Å². The van der Waals surface area contributed by atoms with Crippen molar-refractivity contribution in [2.45, 2.75) is 0 Å². The predicted molar refractivity (Wildman–Crippen MR) is 184 cm³/mol. The molecule has 0 unspecified atom stereocenters. The molecule has 210 valence electrons. The Kier molecular flexibility index (Phi) is 5.69. The van der Waals surface area contributed by atoms with Gasteiger partial charge >= 0.3 is 0 Å². The molecule has 0 amide bonds. The molecule has 1 aromatic heterocycles. The molecule has 4 heteroatoms. The summed E-state index contributed by atoms with van der Waals surface area (Å²) in [6.45, 7) is 0. The van der Waals surface area contributed by atoms with Crippen LogP contribution in [0.2, 0.25) is 0 Å². The summed E-state index contributed by atoms with van der Waals surface area (Å²) in [5.74, 6) is 0.926. The Bertz CT molecular complexity index is 2610. The Morgan fingerprint density at radius 2 is 0.778 bits per heavy atom. The molecule has 3 nitrogen and oxygen atoms in total. The second kappa shape index (κ2) is 10.0. The van der Waals surface area contributed by atoms with Crippen LogP contribution in [-0.2, 0) is 0 Å². The number of halogens is 1. The van der Waals surface area contributed by atoms with Gasteiger partial charge in [0.05, 0.1) is 5.56 Å². The Morgan fingerprint density at radius 3 is 1.42 bits per heavy atom. The van der Waals surface area contributed by atoms with Gasteiger partial charge in [-0.25, -0.2) is 19.3 Å². The van der Waals surface area contributed by atoms with Gasteiger partial charge in [-0.15, -0.1) is 0 Å². The van der Waals surface area contributed by atoms with E-state index in [0.717, 1.165) is 65.0 Å². The lowest BCUT2D eigenvalue weighted by atomic mass is 9.93. The van der Waals surface area contributed by atoms with Crippen LogP contribution in [0.5, 0.6) is 0 Å². The zero-order valence-corrected chi connectivity index (χ0v) is 24.1. The number of hydrogen-bond acceptors (Lipinski definition) is 3. The van der Waals surface area contributed by atoms with E-state index in [1.54, 1.807) is 6.07 Å². The molecule has 9 aromatic rings. The number of rotatable bonds is 3. The van der Waals surface area contributed by atoms with Gasteiger partial charge in [0.15, 0.2) is 17.5 Å². The first-order chi connectivity index (χ1) is 22.2. The third kappa shape index (κ3) is 4.07. The van der Waals surface area contributed by atoms with Crippen molar-refractivity contribution in [3.63, 3.8) is 0 Å². The smallest absolute Gasteiger partial charge is 0.167 e. The van der Waals surface area contributed by atoms with Crippen molar-refractivity contribution in [1.29, 1.82) is 0 Å². The molecule has 0 fully saturated rings. The number of fused-ring (bicyclic) bond motifs is 9. The molecule has 0 spiro atoms. The van der Waals surface area contributed by atoms with Crippen molar-refractivity contribution < 1.29 is 4.39 Å². The minimum absolute atomic E-state index is 0.299. The molecule has 45 heavy (non-hydrogen) atoms. The van der Waals surface area contributed by atoms with Gasteiger partial charge in [0, 0.05) is 11.1 Å². The molecule has 0 aliphatic carbocycles. The minimum atomic E-state index is -0.373. The number of benzene rings is 8. The second-order valence-electron chi connectivity index (χ2n) is 11.3. The summed E-state index contributed by atoms with van der Waals surface area (Å²) in [5.41, 5.74) is 2.06. The Balaban J connectivity index is 1.36. The number of aromatic nitrogens is 3. The van der Waals surface area contributed by atoms with Crippen LogP contribution < -0.4 is 0 Å². The summed E-state index contributed by atoms with van der Waals surface area (Å²) in [7, 11) is 0. The van der Waals surface area contributed by atoms with Crippen molar-refractivity contribution >= 4 is 53.9 Å². The second-order valence-corrected chi connectivity index (χ2v) is 11.3. The summed E-state index contributed by atoms with van der Waals surface area (Å²) in [6.07, 6.45) is 0. The van der Waals surface area contributed by atoms with Crippen LogP contribution in [0.15, 0.2) is 146 Å². The molecule has 8 aromatic carbocycles. The van der Waals surface area contributed by atoms with Gasteiger partial charge in [0.25, 0.3) is 0 Å². The summed E-state index contributed by atoms with van der Waals surface area (Å²) >= 11 is 0. The first-order valence-corrected chi connectivity index (χ1v) is 15.0. The van der Waals surface area contributed by atoms with Crippen molar-refractivity contribution in [2.24, 2.45) is 0 Å². The molecule has 0 N–H and O–H groups in total. The first-order valence-electron chi connectivity index (χ1n) is 15.0. The summed E-state index contributed by atoms with van der Waals surface area (Å²) in [6, 6.07) is 48.6. The van der Waals surface area contributed by atoms with E-state index in [1.807, 2.05) is 78.9 Å². The van der Waals surface area contributed by atoms with Crippen molar-refractivity contribution in [2.75, 3.05) is 0 Å². The fourth-order valence-corrected chi connectivity index (χ4v) is 6.67. The van der Waals surface area contributed by atoms with E-state index >= 15 is 4.39 Å². The highest BCUT2D eigenvalue weighted by Gasteiger charge is 2.19. The zero-order valence-electron chi connectivity index (χ0n) is 24.1. The SMILES string of the molecule is Fc1cc2c3ccccc3c3ccccc3c2cc1-c1nc(-c2ccccc2)nc(-c2cc3ccccc3c3ccccc23)n1. The maximum Gasteiger partial charge on any atom is 0.167 e. The maximum atomic E-state index is 16.4. The molecule has 0 bridgehead atoms. The van der Waals surface area contributed by atoms with Gasteiger partial charge in [0.1, 0.15) is 5.82 Å². The molecular weight excluding hydrogens is 553 g/mol. The van der Waals surface area contributed by atoms with Crippen LogP contribution >= 0.6 is 0 Å². The quantitative estimate of drug-likeness (QED) is 0.196. The molecule has 0 saturated heterocycles. The average molecular weight is 578 g/mol. The average Bonchev–Trinajstić information content (AvgIpc) is 3.11. The van der Waals surface area contributed by atoms with E-state index in [2.05, 4.69) is 60.7 Å². The van der Waals surface area contributed by atoms with E-state index in [0.29, 0.717) is 23.0 Å². The fraction of sp³-hybridized carbons (Fsp3) is 0. The minimum Gasteiger partial charge on any atom is -0.208 e. The number of hydrogen-bond donors (Lipinski definition) is 0.